The number of hydrogen-bond donors (Lipinski definition) is 1. The lowest BCUT2D eigenvalue weighted by Gasteiger charge is -2.33. The monoisotopic (exact) mass is 493 g/mol. The van der Waals surface area contributed by atoms with E-state index >= 15 is 0 Å². The molecule has 3 atom stereocenters. The SMILES string of the molecule is CC[C@@H](C(=O)NC1CCCCC1)N(Cc1ccccc1C)C(=O)CCN1C(=O)[C@H]2CC=CC[C@H]2C1=O. The van der Waals surface area contributed by atoms with Gasteiger partial charge in [0.1, 0.15) is 6.04 Å². The Morgan fingerprint density at radius 2 is 1.67 bits per heavy atom. The molecule has 0 unspecified atom stereocenters. The Hall–Kier alpha value is -2.96. The molecule has 1 heterocycles. The number of benzene rings is 1. The summed E-state index contributed by atoms with van der Waals surface area (Å²) in [7, 11) is 0. The molecular formula is C29H39N3O4. The second kappa shape index (κ2) is 11.8. The molecule has 4 amide bonds. The van der Waals surface area contributed by atoms with Gasteiger partial charge < -0.3 is 10.2 Å². The molecule has 7 nitrogen and oxygen atoms in total. The molecule has 1 aromatic carbocycles. The zero-order chi connectivity index (χ0) is 25.7. The molecule has 0 spiro atoms. The molecule has 7 heteroatoms. The lowest BCUT2D eigenvalue weighted by atomic mass is 9.85. The van der Waals surface area contributed by atoms with Crippen LogP contribution in [0, 0.1) is 18.8 Å². The highest BCUT2D eigenvalue weighted by molar-refractivity contribution is 6.05. The molecule has 0 bridgehead atoms. The van der Waals surface area contributed by atoms with Crippen LogP contribution in [0.2, 0.25) is 0 Å². The third-order valence-electron chi connectivity index (χ3n) is 8.09. The minimum atomic E-state index is -0.601. The smallest absolute Gasteiger partial charge is 0.243 e. The van der Waals surface area contributed by atoms with Gasteiger partial charge in [0.05, 0.1) is 11.8 Å². The van der Waals surface area contributed by atoms with Gasteiger partial charge >= 0.3 is 0 Å². The third kappa shape index (κ3) is 5.71. The normalized spacial score (nSPS) is 22.9. The van der Waals surface area contributed by atoms with Crippen molar-refractivity contribution in [2.24, 2.45) is 11.8 Å². The zero-order valence-electron chi connectivity index (χ0n) is 21.6. The molecule has 0 radical (unpaired) electrons. The fourth-order valence-electron chi connectivity index (χ4n) is 5.88. The second-order valence-electron chi connectivity index (χ2n) is 10.4. The Morgan fingerprint density at radius 3 is 2.28 bits per heavy atom. The fraction of sp³-hybridized carbons (Fsp3) is 0.586. The predicted octanol–water partition coefficient (Wildman–Crippen LogP) is 3.89. The number of allylic oxidation sites excluding steroid dienone is 2. The first-order valence-corrected chi connectivity index (χ1v) is 13.5. The maximum Gasteiger partial charge on any atom is 0.243 e. The number of aryl methyl sites for hydroxylation is 1. The number of hydrogen-bond acceptors (Lipinski definition) is 4. The van der Waals surface area contributed by atoms with Crippen LogP contribution in [0.4, 0.5) is 0 Å². The Bertz CT molecular complexity index is 988. The van der Waals surface area contributed by atoms with Crippen LogP contribution in [-0.2, 0) is 25.7 Å². The van der Waals surface area contributed by atoms with E-state index in [1.165, 1.54) is 11.3 Å². The Labute approximate surface area is 214 Å². The Balaban J connectivity index is 1.48. The van der Waals surface area contributed by atoms with E-state index in [1.807, 2.05) is 50.3 Å². The molecule has 36 heavy (non-hydrogen) atoms. The molecule has 3 aliphatic rings. The van der Waals surface area contributed by atoms with E-state index in [0.717, 1.165) is 36.8 Å². The summed E-state index contributed by atoms with van der Waals surface area (Å²) in [5, 5.41) is 3.19. The fourth-order valence-corrected chi connectivity index (χ4v) is 5.88. The average molecular weight is 494 g/mol. The second-order valence-corrected chi connectivity index (χ2v) is 10.4. The number of nitrogens with one attached hydrogen (secondary N) is 1. The third-order valence-corrected chi connectivity index (χ3v) is 8.09. The Kier molecular flexibility index (Phi) is 8.60. The van der Waals surface area contributed by atoms with Gasteiger partial charge in [-0.1, -0.05) is 62.6 Å². The minimum absolute atomic E-state index is 0.0173. The van der Waals surface area contributed by atoms with Gasteiger partial charge in [0, 0.05) is 25.6 Å². The van der Waals surface area contributed by atoms with Gasteiger partial charge in [-0.3, -0.25) is 24.1 Å². The maximum atomic E-state index is 13.6. The van der Waals surface area contributed by atoms with Crippen LogP contribution in [0.1, 0.15) is 75.8 Å². The molecule has 1 aliphatic heterocycles. The summed E-state index contributed by atoms with van der Waals surface area (Å²) >= 11 is 0. The molecule has 0 aromatic heterocycles. The van der Waals surface area contributed by atoms with Gasteiger partial charge in [-0.2, -0.15) is 0 Å². The first kappa shape index (κ1) is 26.1. The number of nitrogens with zero attached hydrogens (tertiary/aromatic N) is 2. The highest BCUT2D eigenvalue weighted by atomic mass is 16.2. The summed E-state index contributed by atoms with van der Waals surface area (Å²) in [6.07, 6.45) is 11.0. The van der Waals surface area contributed by atoms with Gasteiger partial charge in [0.25, 0.3) is 0 Å². The molecule has 1 saturated heterocycles. The number of rotatable bonds is 9. The highest BCUT2D eigenvalue weighted by Crippen LogP contribution is 2.35. The predicted molar refractivity (Wildman–Crippen MR) is 138 cm³/mol. The average Bonchev–Trinajstić information content (AvgIpc) is 3.13. The summed E-state index contributed by atoms with van der Waals surface area (Å²) in [5.41, 5.74) is 2.04. The quantitative estimate of drug-likeness (QED) is 0.418. The van der Waals surface area contributed by atoms with Crippen LogP contribution >= 0.6 is 0 Å². The lowest BCUT2D eigenvalue weighted by Crippen LogP contribution is -2.52. The first-order valence-electron chi connectivity index (χ1n) is 13.5. The van der Waals surface area contributed by atoms with Crippen molar-refractivity contribution in [1.29, 1.82) is 0 Å². The van der Waals surface area contributed by atoms with Crippen molar-refractivity contribution < 1.29 is 19.2 Å². The van der Waals surface area contributed by atoms with E-state index in [2.05, 4.69) is 5.32 Å². The largest absolute Gasteiger partial charge is 0.352 e. The molecule has 2 aliphatic carbocycles. The highest BCUT2D eigenvalue weighted by Gasteiger charge is 2.47. The van der Waals surface area contributed by atoms with Crippen LogP contribution in [-0.4, -0.2) is 52.1 Å². The minimum Gasteiger partial charge on any atom is -0.352 e. The number of likely N-dealkylation sites (tertiary alicyclic amines) is 1. The van der Waals surface area contributed by atoms with Crippen LogP contribution in [0.3, 0.4) is 0 Å². The maximum absolute atomic E-state index is 13.6. The van der Waals surface area contributed by atoms with E-state index in [-0.39, 0.29) is 54.5 Å². The topological polar surface area (TPSA) is 86.8 Å². The molecule has 194 valence electrons. The number of carbonyl (C=O) groups excluding carboxylic acids is 4. The summed E-state index contributed by atoms with van der Waals surface area (Å²) in [6, 6.07) is 7.43. The zero-order valence-corrected chi connectivity index (χ0v) is 21.6. The molecule has 4 rings (SSSR count). The van der Waals surface area contributed by atoms with Crippen molar-refractivity contribution in [1.82, 2.24) is 15.1 Å². The number of fused-ring (bicyclic) bond motifs is 1. The van der Waals surface area contributed by atoms with Crippen molar-refractivity contribution >= 4 is 23.6 Å². The number of carbonyl (C=O) groups is 4. The summed E-state index contributed by atoms with van der Waals surface area (Å²) in [5.74, 6) is -1.27. The first-order chi connectivity index (χ1) is 17.4. The van der Waals surface area contributed by atoms with Gasteiger partial charge in [0.15, 0.2) is 0 Å². The van der Waals surface area contributed by atoms with Crippen LogP contribution in [0.5, 0.6) is 0 Å². The van der Waals surface area contributed by atoms with E-state index in [4.69, 9.17) is 0 Å². The van der Waals surface area contributed by atoms with Gasteiger partial charge in [0.2, 0.25) is 23.6 Å². The van der Waals surface area contributed by atoms with E-state index in [9.17, 15) is 19.2 Å². The van der Waals surface area contributed by atoms with Gasteiger partial charge in [-0.05, 0) is 50.2 Å². The standard InChI is InChI=1S/C29H39N3O4/c1-3-25(27(34)30-22-13-5-4-6-14-22)32(19-21-12-8-7-11-20(21)2)26(33)17-18-31-28(35)23-15-9-10-16-24(23)29(31)36/h7-12,22-25H,3-6,13-19H2,1-2H3,(H,30,34)/t23-,24+,25-/m0/s1. The van der Waals surface area contributed by atoms with Crippen molar-refractivity contribution in [2.75, 3.05) is 6.54 Å². The van der Waals surface area contributed by atoms with Crippen molar-refractivity contribution in [3.8, 4) is 0 Å². The van der Waals surface area contributed by atoms with Crippen molar-refractivity contribution in [3.05, 3.63) is 47.5 Å². The van der Waals surface area contributed by atoms with Gasteiger partial charge in [-0.15, -0.1) is 0 Å². The Morgan fingerprint density at radius 1 is 1.03 bits per heavy atom. The lowest BCUT2D eigenvalue weighted by molar-refractivity contribution is -0.144. The molecule has 1 saturated carbocycles. The van der Waals surface area contributed by atoms with E-state index < -0.39 is 6.04 Å². The van der Waals surface area contributed by atoms with Crippen LogP contribution in [0.25, 0.3) is 0 Å². The van der Waals surface area contributed by atoms with Crippen molar-refractivity contribution in [3.63, 3.8) is 0 Å². The molecule has 2 fully saturated rings. The van der Waals surface area contributed by atoms with Gasteiger partial charge in [-0.25, -0.2) is 0 Å². The number of amides is 4. The molecular weight excluding hydrogens is 454 g/mol. The summed E-state index contributed by atoms with van der Waals surface area (Å²) in [4.78, 5) is 55.7. The number of imide groups is 1. The summed E-state index contributed by atoms with van der Waals surface area (Å²) in [6.45, 7) is 4.31. The van der Waals surface area contributed by atoms with Crippen LogP contribution in [0.15, 0.2) is 36.4 Å². The molecule has 1 N–H and O–H groups in total. The van der Waals surface area contributed by atoms with Crippen LogP contribution < -0.4 is 5.32 Å². The van der Waals surface area contributed by atoms with E-state index in [1.54, 1.807) is 4.90 Å². The van der Waals surface area contributed by atoms with Crippen molar-refractivity contribution in [2.45, 2.75) is 90.3 Å². The van der Waals surface area contributed by atoms with E-state index in [0.29, 0.717) is 25.8 Å². The summed E-state index contributed by atoms with van der Waals surface area (Å²) < 4.78 is 0. The molecule has 1 aromatic rings.